The van der Waals surface area contributed by atoms with E-state index >= 15 is 0 Å². The van der Waals surface area contributed by atoms with Crippen LogP contribution in [0.5, 0.6) is 0 Å². The van der Waals surface area contributed by atoms with Crippen LogP contribution in [0.1, 0.15) is 15.9 Å². The first-order valence-corrected chi connectivity index (χ1v) is 7.31. The molecule has 3 nitrogen and oxygen atoms in total. The minimum atomic E-state index is -0.676. The van der Waals surface area contributed by atoms with Gasteiger partial charge < -0.3 is 0 Å². The van der Waals surface area contributed by atoms with E-state index in [1.165, 1.54) is 0 Å². The fraction of sp³-hybridized carbons (Fsp3) is 0.462. The molecule has 1 aromatic carbocycles. The Balaban J connectivity index is 1.93. The summed E-state index contributed by atoms with van der Waals surface area (Å²) in [6.07, 6.45) is 0. The van der Waals surface area contributed by atoms with Crippen molar-refractivity contribution in [3.8, 4) is 0 Å². The van der Waals surface area contributed by atoms with Gasteiger partial charge in [-0.25, -0.2) is 0 Å². The second-order valence-corrected chi connectivity index (χ2v) is 6.11. The van der Waals surface area contributed by atoms with Gasteiger partial charge in [-0.1, -0.05) is 29.8 Å². The SMILES string of the molecule is Cc1ccc(C(=O)CN2CCS(=O)CC2)cc1. The van der Waals surface area contributed by atoms with Crippen LogP contribution in [0, 0.1) is 6.92 Å². The number of Topliss-reactive ketones (excluding diaryl/α,β-unsaturated/α-hetero) is 1. The minimum Gasteiger partial charge on any atom is -0.294 e. The van der Waals surface area contributed by atoms with Crippen molar-refractivity contribution in [2.75, 3.05) is 31.1 Å². The van der Waals surface area contributed by atoms with Crippen LogP contribution in [-0.4, -0.2) is 46.0 Å². The van der Waals surface area contributed by atoms with E-state index in [-0.39, 0.29) is 5.78 Å². The Morgan fingerprint density at radius 1 is 1.24 bits per heavy atom. The second-order valence-electron chi connectivity index (χ2n) is 4.41. The van der Waals surface area contributed by atoms with Crippen molar-refractivity contribution >= 4 is 16.6 Å². The molecule has 0 spiro atoms. The zero-order valence-corrected chi connectivity index (χ0v) is 10.8. The largest absolute Gasteiger partial charge is 0.294 e. The van der Waals surface area contributed by atoms with Gasteiger partial charge in [0.2, 0.25) is 0 Å². The maximum Gasteiger partial charge on any atom is 0.176 e. The van der Waals surface area contributed by atoms with E-state index in [2.05, 4.69) is 4.90 Å². The van der Waals surface area contributed by atoms with Gasteiger partial charge in [0.15, 0.2) is 5.78 Å². The van der Waals surface area contributed by atoms with Crippen LogP contribution in [0.15, 0.2) is 24.3 Å². The normalized spacial score (nSPS) is 18.2. The molecule has 0 aliphatic carbocycles. The molecule has 0 atom stereocenters. The molecule has 0 amide bonds. The summed E-state index contributed by atoms with van der Waals surface area (Å²) in [7, 11) is -0.676. The molecule has 0 N–H and O–H groups in total. The third-order valence-electron chi connectivity index (χ3n) is 3.01. The highest BCUT2D eigenvalue weighted by atomic mass is 32.2. The minimum absolute atomic E-state index is 0.151. The smallest absolute Gasteiger partial charge is 0.176 e. The second kappa shape index (κ2) is 5.56. The van der Waals surface area contributed by atoms with Crippen molar-refractivity contribution in [2.45, 2.75) is 6.92 Å². The summed E-state index contributed by atoms with van der Waals surface area (Å²) in [6, 6.07) is 7.66. The van der Waals surface area contributed by atoms with Crippen molar-refractivity contribution in [1.29, 1.82) is 0 Å². The molecule has 2 rings (SSSR count). The van der Waals surface area contributed by atoms with E-state index in [4.69, 9.17) is 0 Å². The van der Waals surface area contributed by atoms with Crippen LogP contribution < -0.4 is 0 Å². The number of ketones is 1. The quantitative estimate of drug-likeness (QED) is 0.759. The molecule has 17 heavy (non-hydrogen) atoms. The molecule has 1 aliphatic heterocycles. The highest BCUT2D eigenvalue weighted by Gasteiger charge is 2.18. The van der Waals surface area contributed by atoms with E-state index in [9.17, 15) is 9.00 Å². The van der Waals surface area contributed by atoms with Gasteiger partial charge in [0.25, 0.3) is 0 Å². The number of hydrogen-bond donors (Lipinski definition) is 0. The fourth-order valence-electron chi connectivity index (χ4n) is 1.87. The van der Waals surface area contributed by atoms with Gasteiger partial charge in [0.05, 0.1) is 6.54 Å². The zero-order valence-electron chi connectivity index (χ0n) is 10.0. The summed E-state index contributed by atoms with van der Waals surface area (Å²) in [5.41, 5.74) is 1.93. The van der Waals surface area contributed by atoms with Crippen molar-refractivity contribution in [3.05, 3.63) is 35.4 Å². The highest BCUT2D eigenvalue weighted by molar-refractivity contribution is 7.85. The first kappa shape index (κ1) is 12.5. The van der Waals surface area contributed by atoms with Gasteiger partial charge >= 0.3 is 0 Å². The topological polar surface area (TPSA) is 37.4 Å². The molecule has 0 radical (unpaired) electrons. The molecule has 0 saturated carbocycles. The number of hydrogen-bond acceptors (Lipinski definition) is 3. The standard InChI is InChI=1S/C13H17NO2S/c1-11-2-4-12(5-3-11)13(15)10-14-6-8-17(16)9-7-14/h2-5H,6-10H2,1H3. The summed E-state index contributed by atoms with van der Waals surface area (Å²) < 4.78 is 11.2. The molecule has 0 aromatic heterocycles. The number of carbonyl (C=O) groups excluding carboxylic acids is 1. The molecule has 1 fully saturated rings. The molecule has 1 heterocycles. The number of aryl methyl sites for hydroxylation is 1. The molecule has 0 bridgehead atoms. The van der Waals surface area contributed by atoms with Gasteiger partial charge in [-0.3, -0.25) is 13.9 Å². The Morgan fingerprint density at radius 2 is 1.82 bits per heavy atom. The third-order valence-corrected chi connectivity index (χ3v) is 4.29. The van der Waals surface area contributed by atoms with Crippen molar-refractivity contribution in [1.82, 2.24) is 4.90 Å². The van der Waals surface area contributed by atoms with E-state index in [1.54, 1.807) is 0 Å². The van der Waals surface area contributed by atoms with E-state index in [0.29, 0.717) is 18.1 Å². The summed E-state index contributed by atoms with van der Waals surface area (Å²) in [5.74, 6) is 1.54. The number of benzene rings is 1. The number of carbonyl (C=O) groups is 1. The lowest BCUT2D eigenvalue weighted by atomic mass is 10.1. The highest BCUT2D eigenvalue weighted by Crippen LogP contribution is 2.07. The summed E-state index contributed by atoms with van der Waals surface area (Å²) >= 11 is 0. The molecule has 1 aliphatic rings. The molecule has 1 saturated heterocycles. The van der Waals surface area contributed by atoms with Crippen molar-refractivity contribution in [2.24, 2.45) is 0 Å². The Labute approximate surface area is 104 Å². The molecule has 0 unspecified atom stereocenters. The molecular formula is C13H17NO2S. The van der Waals surface area contributed by atoms with Gasteiger partial charge in [0, 0.05) is 41.0 Å². The lowest BCUT2D eigenvalue weighted by Crippen LogP contribution is -2.40. The van der Waals surface area contributed by atoms with Gasteiger partial charge in [-0.05, 0) is 6.92 Å². The Morgan fingerprint density at radius 3 is 2.41 bits per heavy atom. The fourth-order valence-corrected chi connectivity index (χ4v) is 3.00. The summed E-state index contributed by atoms with van der Waals surface area (Å²) in [4.78, 5) is 14.1. The summed E-state index contributed by atoms with van der Waals surface area (Å²) in [6.45, 7) is 3.99. The van der Waals surface area contributed by atoms with Gasteiger partial charge in [-0.2, -0.15) is 0 Å². The molecule has 92 valence electrons. The molecular weight excluding hydrogens is 234 g/mol. The van der Waals surface area contributed by atoms with E-state index < -0.39 is 10.8 Å². The maximum absolute atomic E-state index is 12.0. The molecule has 1 aromatic rings. The Kier molecular flexibility index (Phi) is 4.07. The Bertz CT molecular complexity index is 418. The predicted molar refractivity (Wildman–Crippen MR) is 69.8 cm³/mol. The predicted octanol–water partition coefficient (Wildman–Crippen LogP) is 1.24. The zero-order chi connectivity index (χ0) is 12.3. The maximum atomic E-state index is 12.0. The third kappa shape index (κ3) is 3.48. The van der Waals surface area contributed by atoms with E-state index in [0.717, 1.165) is 24.2 Å². The molecule has 4 heteroatoms. The monoisotopic (exact) mass is 251 g/mol. The summed E-state index contributed by atoms with van der Waals surface area (Å²) in [5, 5.41) is 0. The number of rotatable bonds is 3. The van der Waals surface area contributed by atoms with Gasteiger partial charge in [-0.15, -0.1) is 0 Å². The van der Waals surface area contributed by atoms with Crippen LogP contribution in [0.25, 0.3) is 0 Å². The van der Waals surface area contributed by atoms with Crippen LogP contribution >= 0.6 is 0 Å². The van der Waals surface area contributed by atoms with Crippen molar-refractivity contribution in [3.63, 3.8) is 0 Å². The Hall–Kier alpha value is -1.00. The average Bonchev–Trinajstić information content (AvgIpc) is 2.33. The lowest BCUT2D eigenvalue weighted by molar-refractivity contribution is 0.0936. The average molecular weight is 251 g/mol. The van der Waals surface area contributed by atoms with Crippen molar-refractivity contribution < 1.29 is 9.00 Å². The lowest BCUT2D eigenvalue weighted by Gasteiger charge is -2.25. The first-order chi connectivity index (χ1) is 8.15. The van der Waals surface area contributed by atoms with E-state index in [1.807, 2.05) is 31.2 Å². The van der Waals surface area contributed by atoms with Gasteiger partial charge in [0.1, 0.15) is 0 Å². The van der Waals surface area contributed by atoms with Crippen LogP contribution in [-0.2, 0) is 10.8 Å². The van der Waals surface area contributed by atoms with Crippen LogP contribution in [0.3, 0.4) is 0 Å². The number of nitrogens with zero attached hydrogens (tertiary/aromatic N) is 1. The first-order valence-electron chi connectivity index (χ1n) is 5.82. The van der Waals surface area contributed by atoms with Crippen LogP contribution in [0.2, 0.25) is 0 Å². The van der Waals surface area contributed by atoms with Crippen LogP contribution in [0.4, 0.5) is 0 Å².